The molecule has 2 heterocycles. The fraction of sp³-hybridized carbons (Fsp3) is 0.750. The molecule has 0 aromatic carbocycles. The zero-order valence-corrected chi connectivity index (χ0v) is 11.0. The zero-order valence-electron chi connectivity index (χ0n) is 10.2. The number of hydrogen-bond donors (Lipinski definition) is 1. The van der Waals surface area contributed by atoms with Crippen LogP contribution in [0, 0.1) is 6.92 Å². The number of nitrogens with one attached hydrogen (secondary N) is 1. The summed E-state index contributed by atoms with van der Waals surface area (Å²) in [4.78, 5) is 8.09. The van der Waals surface area contributed by atoms with Gasteiger partial charge in [0.25, 0.3) is 0 Å². The van der Waals surface area contributed by atoms with Crippen molar-refractivity contribution >= 4 is 11.3 Å². The molecule has 1 unspecified atom stereocenters. The van der Waals surface area contributed by atoms with Crippen molar-refractivity contribution in [2.75, 3.05) is 20.1 Å². The minimum absolute atomic E-state index is 0.725. The molecule has 1 fully saturated rings. The molecule has 3 nitrogen and oxygen atoms in total. The van der Waals surface area contributed by atoms with Gasteiger partial charge in [-0.05, 0) is 33.4 Å². The minimum Gasteiger partial charge on any atom is -0.310 e. The van der Waals surface area contributed by atoms with E-state index < -0.39 is 0 Å². The van der Waals surface area contributed by atoms with Crippen LogP contribution in [-0.2, 0) is 6.54 Å². The number of likely N-dealkylation sites (tertiary alicyclic amines) is 1. The van der Waals surface area contributed by atoms with Crippen LogP contribution >= 0.6 is 11.3 Å². The van der Waals surface area contributed by atoms with Gasteiger partial charge in [-0.2, -0.15) is 0 Å². The normalized spacial score (nSPS) is 22.5. The zero-order chi connectivity index (χ0) is 11.4. The Bertz CT molecular complexity index is 324. The Labute approximate surface area is 102 Å². The van der Waals surface area contributed by atoms with Crippen LogP contribution in [-0.4, -0.2) is 36.1 Å². The lowest BCUT2D eigenvalue weighted by atomic mass is 10.0. The van der Waals surface area contributed by atoms with Crippen molar-refractivity contribution in [2.24, 2.45) is 0 Å². The molecule has 0 amide bonds. The lowest BCUT2D eigenvalue weighted by molar-refractivity contribution is 0.181. The van der Waals surface area contributed by atoms with E-state index in [9.17, 15) is 0 Å². The smallest absolute Gasteiger partial charge is 0.0897 e. The molecule has 90 valence electrons. The number of aromatic nitrogens is 1. The molecule has 1 aromatic rings. The Morgan fingerprint density at radius 1 is 1.56 bits per heavy atom. The third-order valence-electron chi connectivity index (χ3n) is 3.27. The maximum Gasteiger partial charge on any atom is 0.0897 e. The maximum absolute atomic E-state index is 4.27. The van der Waals surface area contributed by atoms with Gasteiger partial charge in [0.15, 0.2) is 0 Å². The molecule has 0 aliphatic carbocycles. The molecule has 1 N–H and O–H groups in total. The summed E-state index contributed by atoms with van der Waals surface area (Å²) in [5.74, 6) is 0. The summed E-state index contributed by atoms with van der Waals surface area (Å²) < 4.78 is 0. The lowest BCUT2D eigenvalue weighted by Gasteiger charge is -2.32. The van der Waals surface area contributed by atoms with Gasteiger partial charge in [0.05, 0.1) is 5.01 Å². The summed E-state index contributed by atoms with van der Waals surface area (Å²) in [6, 6.07) is 0.725. The monoisotopic (exact) mass is 239 g/mol. The van der Waals surface area contributed by atoms with E-state index in [-0.39, 0.29) is 0 Å². The van der Waals surface area contributed by atoms with Gasteiger partial charge in [-0.15, -0.1) is 11.3 Å². The number of piperidine rings is 1. The molecule has 0 saturated carbocycles. The van der Waals surface area contributed by atoms with Crippen molar-refractivity contribution in [1.82, 2.24) is 15.2 Å². The van der Waals surface area contributed by atoms with E-state index in [1.165, 1.54) is 30.7 Å². The van der Waals surface area contributed by atoms with Crippen LogP contribution in [0.25, 0.3) is 0 Å². The summed E-state index contributed by atoms with van der Waals surface area (Å²) in [5.41, 5.74) is 0. The van der Waals surface area contributed by atoms with Gasteiger partial charge in [-0.1, -0.05) is 6.42 Å². The maximum atomic E-state index is 4.27. The molecule has 0 bridgehead atoms. The summed E-state index contributed by atoms with van der Waals surface area (Å²) in [6.07, 6.45) is 6.07. The molecule has 1 aliphatic rings. The molecule has 0 spiro atoms. The molecule has 4 heteroatoms. The molecular formula is C12H21N3S. The average molecular weight is 239 g/mol. The molecule has 2 rings (SSSR count). The number of thiazole rings is 1. The van der Waals surface area contributed by atoms with Crippen LogP contribution < -0.4 is 5.32 Å². The van der Waals surface area contributed by atoms with E-state index in [2.05, 4.69) is 29.2 Å². The number of rotatable bonds is 4. The Hall–Kier alpha value is -0.450. The first-order valence-corrected chi connectivity index (χ1v) is 6.89. The standard InChI is InChI=1S/C12H21N3S/c1-10-14-9-12(16-10)8-13-7-11-5-3-4-6-15(11)2/h9,11,13H,3-8H2,1-2H3. The first-order valence-electron chi connectivity index (χ1n) is 6.08. The summed E-state index contributed by atoms with van der Waals surface area (Å²) in [5, 5.41) is 4.70. The van der Waals surface area contributed by atoms with E-state index >= 15 is 0 Å². The van der Waals surface area contributed by atoms with Crippen LogP contribution in [0.4, 0.5) is 0 Å². The van der Waals surface area contributed by atoms with E-state index in [0.29, 0.717) is 0 Å². The molecule has 1 atom stereocenters. The van der Waals surface area contributed by atoms with Crippen molar-refractivity contribution in [3.8, 4) is 0 Å². The third-order valence-corrected chi connectivity index (χ3v) is 4.18. The number of likely N-dealkylation sites (N-methyl/N-ethyl adjacent to an activating group) is 1. The lowest BCUT2D eigenvalue weighted by Crippen LogP contribution is -2.42. The van der Waals surface area contributed by atoms with Crippen molar-refractivity contribution in [3.05, 3.63) is 16.1 Å². The molecule has 1 saturated heterocycles. The number of aryl methyl sites for hydroxylation is 1. The van der Waals surface area contributed by atoms with Crippen molar-refractivity contribution in [3.63, 3.8) is 0 Å². The molecular weight excluding hydrogens is 218 g/mol. The summed E-state index contributed by atoms with van der Waals surface area (Å²) >= 11 is 1.79. The highest BCUT2D eigenvalue weighted by Gasteiger charge is 2.17. The largest absolute Gasteiger partial charge is 0.310 e. The highest BCUT2D eigenvalue weighted by Crippen LogP contribution is 2.15. The Morgan fingerprint density at radius 2 is 2.44 bits per heavy atom. The number of hydrogen-bond acceptors (Lipinski definition) is 4. The minimum atomic E-state index is 0.725. The summed E-state index contributed by atoms with van der Waals surface area (Å²) in [7, 11) is 2.24. The first kappa shape index (κ1) is 12.0. The molecule has 16 heavy (non-hydrogen) atoms. The van der Waals surface area contributed by atoms with Gasteiger partial charge >= 0.3 is 0 Å². The predicted octanol–water partition coefficient (Wildman–Crippen LogP) is 2.03. The molecule has 1 aliphatic heterocycles. The Kier molecular flexibility index (Phi) is 4.32. The average Bonchev–Trinajstić information content (AvgIpc) is 2.67. The molecule has 1 aromatic heterocycles. The second kappa shape index (κ2) is 5.75. The Balaban J connectivity index is 1.71. The van der Waals surface area contributed by atoms with E-state index in [4.69, 9.17) is 0 Å². The van der Waals surface area contributed by atoms with Crippen molar-refractivity contribution < 1.29 is 0 Å². The van der Waals surface area contributed by atoms with Crippen LogP contribution in [0.3, 0.4) is 0 Å². The van der Waals surface area contributed by atoms with Gasteiger partial charge < -0.3 is 10.2 Å². The van der Waals surface area contributed by atoms with Crippen LogP contribution in [0.15, 0.2) is 6.20 Å². The van der Waals surface area contributed by atoms with E-state index in [1.807, 2.05) is 6.20 Å². The highest BCUT2D eigenvalue weighted by molar-refractivity contribution is 7.11. The fourth-order valence-corrected chi connectivity index (χ4v) is 3.02. The van der Waals surface area contributed by atoms with Gasteiger partial charge in [0.2, 0.25) is 0 Å². The van der Waals surface area contributed by atoms with Gasteiger partial charge in [0.1, 0.15) is 0 Å². The van der Waals surface area contributed by atoms with Crippen LogP contribution in [0.2, 0.25) is 0 Å². The van der Waals surface area contributed by atoms with Gasteiger partial charge in [0, 0.05) is 30.2 Å². The molecule has 0 radical (unpaired) electrons. The topological polar surface area (TPSA) is 28.2 Å². The second-order valence-corrected chi connectivity index (χ2v) is 5.93. The van der Waals surface area contributed by atoms with Gasteiger partial charge in [-0.3, -0.25) is 0 Å². The van der Waals surface area contributed by atoms with Crippen LogP contribution in [0.5, 0.6) is 0 Å². The summed E-state index contributed by atoms with van der Waals surface area (Å²) in [6.45, 7) is 5.39. The number of nitrogens with zero attached hydrogens (tertiary/aromatic N) is 2. The quantitative estimate of drug-likeness (QED) is 0.871. The van der Waals surface area contributed by atoms with Gasteiger partial charge in [-0.25, -0.2) is 4.98 Å². The Morgan fingerprint density at radius 3 is 3.12 bits per heavy atom. The first-order chi connectivity index (χ1) is 7.75. The second-order valence-electron chi connectivity index (χ2n) is 4.61. The predicted molar refractivity (Wildman–Crippen MR) is 68.8 cm³/mol. The van der Waals surface area contributed by atoms with Crippen molar-refractivity contribution in [1.29, 1.82) is 0 Å². The highest BCUT2D eigenvalue weighted by atomic mass is 32.1. The SMILES string of the molecule is Cc1ncc(CNCC2CCCCN2C)s1. The third kappa shape index (κ3) is 3.27. The fourth-order valence-electron chi connectivity index (χ4n) is 2.25. The van der Waals surface area contributed by atoms with E-state index in [1.54, 1.807) is 11.3 Å². The van der Waals surface area contributed by atoms with Crippen LogP contribution in [0.1, 0.15) is 29.1 Å². The van der Waals surface area contributed by atoms with E-state index in [0.717, 1.165) is 24.1 Å². The van der Waals surface area contributed by atoms with Crippen molar-refractivity contribution in [2.45, 2.75) is 38.8 Å².